The molecule has 4 saturated carbocycles. The fraction of sp³-hybridized carbons (Fsp3) is 0.889. The maximum atomic E-state index is 12.5. The molecule has 7 heteroatoms. The molecule has 3 atom stereocenters. The first kappa shape index (κ1) is 18.5. The number of nitrogens with one attached hydrogen (secondary N) is 1. The fourth-order valence-electron chi connectivity index (χ4n) is 5.74. The molecule has 0 heterocycles. The summed E-state index contributed by atoms with van der Waals surface area (Å²) in [7, 11) is 1.27. The number of hydrogen-bond acceptors (Lipinski definition) is 6. The van der Waals surface area contributed by atoms with Gasteiger partial charge in [0.15, 0.2) is 0 Å². The van der Waals surface area contributed by atoms with E-state index in [1.165, 1.54) is 7.11 Å². The van der Waals surface area contributed by atoms with Gasteiger partial charge in [-0.3, -0.25) is 0 Å². The van der Waals surface area contributed by atoms with Gasteiger partial charge in [-0.1, -0.05) is 0 Å². The highest BCUT2D eigenvalue weighted by Crippen LogP contribution is 2.64. The molecule has 0 spiro atoms. The van der Waals surface area contributed by atoms with E-state index in [1.807, 2.05) is 0 Å². The Hall–Kier alpha value is -1.34. The minimum Gasteiger partial charge on any atom is -0.467 e. The molecule has 142 valence electrons. The number of carbonyl (C=O) groups is 2. The lowest BCUT2D eigenvalue weighted by Gasteiger charge is -2.64. The van der Waals surface area contributed by atoms with Crippen LogP contribution in [-0.2, 0) is 14.3 Å². The minimum atomic E-state index is -0.990. The minimum absolute atomic E-state index is 0.138. The molecule has 0 radical (unpaired) electrons. The Bertz CT molecular complexity index is 565. The van der Waals surface area contributed by atoms with Crippen molar-refractivity contribution in [2.24, 2.45) is 11.3 Å². The Kier molecular flexibility index (Phi) is 4.12. The molecule has 0 aromatic heterocycles. The number of hydrogen-bond donors (Lipinski definition) is 3. The quantitative estimate of drug-likeness (QED) is 0.663. The highest BCUT2D eigenvalue weighted by molar-refractivity contribution is 5.82. The Morgan fingerprint density at radius 1 is 1.08 bits per heavy atom. The highest BCUT2D eigenvalue weighted by Gasteiger charge is 2.66. The number of methoxy groups -OCH3 is 1. The van der Waals surface area contributed by atoms with Crippen molar-refractivity contribution in [1.29, 1.82) is 0 Å². The van der Waals surface area contributed by atoms with E-state index in [4.69, 9.17) is 9.47 Å². The zero-order chi connectivity index (χ0) is 18.7. The molecule has 7 nitrogen and oxygen atoms in total. The smallest absolute Gasteiger partial charge is 0.408 e. The average molecular weight is 355 g/mol. The molecule has 4 fully saturated rings. The molecule has 0 saturated heterocycles. The molecule has 4 aliphatic rings. The Morgan fingerprint density at radius 2 is 1.64 bits per heavy atom. The van der Waals surface area contributed by atoms with Crippen molar-refractivity contribution in [3.63, 3.8) is 0 Å². The van der Waals surface area contributed by atoms with E-state index in [-0.39, 0.29) is 5.92 Å². The molecule has 4 aliphatic carbocycles. The van der Waals surface area contributed by atoms with Crippen molar-refractivity contribution in [3.8, 4) is 0 Å². The van der Waals surface area contributed by atoms with Crippen molar-refractivity contribution in [1.82, 2.24) is 5.32 Å². The predicted molar refractivity (Wildman–Crippen MR) is 88.7 cm³/mol. The Balaban J connectivity index is 1.88. The number of rotatable bonds is 3. The number of ether oxygens (including phenoxy) is 2. The van der Waals surface area contributed by atoms with E-state index >= 15 is 0 Å². The van der Waals surface area contributed by atoms with Crippen LogP contribution in [0.2, 0.25) is 0 Å². The van der Waals surface area contributed by atoms with Crippen LogP contribution in [-0.4, -0.2) is 52.2 Å². The Labute approximate surface area is 148 Å². The largest absolute Gasteiger partial charge is 0.467 e. The molecule has 0 aliphatic heterocycles. The second-order valence-electron chi connectivity index (χ2n) is 9.42. The van der Waals surface area contributed by atoms with Crippen molar-refractivity contribution < 1.29 is 29.3 Å². The van der Waals surface area contributed by atoms with Gasteiger partial charge < -0.3 is 25.0 Å². The Morgan fingerprint density at radius 3 is 2.08 bits per heavy atom. The normalized spacial score (nSPS) is 40.5. The topological polar surface area (TPSA) is 105 Å². The number of aliphatic hydroxyl groups is 2. The van der Waals surface area contributed by atoms with Crippen LogP contribution in [0, 0.1) is 11.3 Å². The van der Waals surface area contributed by atoms with E-state index in [0.29, 0.717) is 38.5 Å². The van der Waals surface area contributed by atoms with Gasteiger partial charge in [0.25, 0.3) is 0 Å². The second-order valence-corrected chi connectivity index (χ2v) is 9.42. The van der Waals surface area contributed by atoms with E-state index in [2.05, 4.69) is 5.32 Å². The first-order chi connectivity index (χ1) is 11.4. The average Bonchev–Trinajstić information content (AvgIpc) is 2.37. The summed E-state index contributed by atoms with van der Waals surface area (Å²) >= 11 is 0. The van der Waals surface area contributed by atoms with Crippen molar-refractivity contribution in [2.75, 3.05) is 7.11 Å². The lowest BCUT2D eigenvalue weighted by molar-refractivity contribution is -0.237. The number of alkyl carbamates (subject to hydrolysis) is 1. The first-order valence-electron chi connectivity index (χ1n) is 8.90. The van der Waals surface area contributed by atoms with Crippen LogP contribution >= 0.6 is 0 Å². The van der Waals surface area contributed by atoms with Crippen LogP contribution in [0.25, 0.3) is 0 Å². The third-order valence-corrected chi connectivity index (χ3v) is 5.76. The number of carbonyl (C=O) groups excluding carboxylic acids is 2. The van der Waals surface area contributed by atoms with Crippen molar-refractivity contribution in [3.05, 3.63) is 0 Å². The summed E-state index contributed by atoms with van der Waals surface area (Å²) in [6, 6.07) is -0.950. The number of amides is 1. The summed E-state index contributed by atoms with van der Waals surface area (Å²) in [6.45, 7) is 5.24. The van der Waals surface area contributed by atoms with E-state index in [1.54, 1.807) is 20.8 Å². The third-order valence-electron chi connectivity index (χ3n) is 5.76. The van der Waals surface area contributed by atoms with Gasteiger partial charge in [0.1, 0.15) is 11.6 Å². The molecule has 4 bridgehead atoms. The summed E-state index contributed by atoms with van der Waals surface area (Å²) in [5.74, 6) is -0.432. The van der Waals surface area contributed by atoms with Crippen molar-refractivity contribution in [2.45, 2.75) is 82.1 Å². The van der Waals surface area contributed by atoms with Gasteiger partial charge in [-0.2, -0.15) is 0 Å². The van der Waals surface area contributed by atoms with Gasteiger partial charge >= 0.3 is 12.1 Å². The molecular formula is C18H29NO6. The van der Waals surface area contributed by atoms with Crippen LogP contribution in [0.3, 0.4) is 0 Å². The lowest BCUT2D eigenvalue weighted by Crippen LogP contribution is -2.69. The maximum absolute atomic E-state index is 12.5. The van der Waals surface area contributed by atoms with Crippen LogP contribution in [0.4, 0.5) is 4.79 Å². The molecule has 0 aromatic rings. The SMILES string of the molecule is COC(=O)[C@@H](NC(=O)OC(C)(C)C)C12CC3CC(O)(CC(O)(C3)C1)C2. The van der Waals surface area contributed by atoms with Gasteiger partial charge in [0, 0.05) is 11.8 Å². The predicted octanol–water partition coefficient (Wildman–Crippen LogP) is 1.50. The fourth-order valence-corrected chi connectivity index (χ4v) is 5.74. The summed E-state index contributed by atoms with van der Waals surface area (Å²) in [6.07, 6.45) is 2.32. The van der Waals surface area contributed by atoms with Crippen molar-refractivity contribution >= 4 is 12.1 Å². The monoisotopic (exact) mass is 355 g/mol. The van der Waals surface area contributed by atoms with Crippen LogP contribution in [0.15, 0.2) is 0 Å². The van der Waals surface area contributed by atoms with Gasteiger partial charge in [-0.15, -0.1) is 0 Å². The van der Waals surface area contributed by atoms with Gasteiger partial charge in [-0.25, -0.2) is 9.59 Å². The van der Waals surface area contributed by atoms with E-state index in [0.717, 1.165) is 0 Å². The van der Waals surface area contributed by atoms with Gasteiger partial charge in [-0.05, 0) is 58.8 Å². The standard InChI is InChI=1S/C18H29NO6/c1-15(2,3)25-14(21)19-12(13(20)24-4)16-5-11-6-17(22,8-16)10-18(23,7-11)9-16/h11-12,22-23H,5-10H2,1-4H3,(H,19,21)/t11?,12-,16?,17?,18?/m1/s1. The van der Waals surface area contributed by atoms with Crippen LogP contribution < -0.4 is 5.32 Å². The second kappa shape index (κ2) is 5.58. The van der Waals surface area contributed by atoms with Gasteiger partial charge in [0.05, 0.1) is 18.3 Å². The van der Waals surface area contributed by atoms with E-state index in [9.17, 15) is 19.8 Å². The molecule has 0 aromatic carbocycles. The number of esters is 1. The molecule has 1 amide bonds. The zero-order valence-corrected chi connectivity index (χ0v) is 15.4. The molecule has 3 N–H and O–H groups in total. The first-order valence-corrected chi connectivity index (χ1v) is 8.90. The van der Waals surface area contributed by atoms with E-state index < -0.39 is 40.3 Å². The molecular weight excluding hydrogens is 326 g/mol. The summed E-state index contributed by atoms with van der Waals surface area (Å²) in [4.78, 5) is 24.8. The molecule has 4 rings (SSSR count). The summed E-state index contributed by atoms with van der Waals surface area (Å²) < 4.78 is 10.2. The molecule has 2 unspecified atom stereocenters. The van der Waals surface area contributed by atoms with Crippen LogP contribution in [0.1, 0.15) is 59.3 Å². The lowest BCUT2D eigenvalue weighted by atomic mass is 9.44. The summed E-state index contributed by atoms with van der Waals surface area (Å²) in [5.41, 5.74) is -3.39. The van der Waals surface area contributed by atoms with Crippen LogP contribution in [0.5, 0.6) is 0 Å². The zero-order valence-electron chi connectivity index (χ0n) is 15.4. The van der Waals surface area contributed by atoms with Gasteiger partial charge in [0.2, 0.25) is 0 Å². The highest BCUT2D eigenvalue weighted by atomic mass is 16.6. The third kappa shape index (κ3) is 3.49. The maximum Gasteiger partial charge on any atom is 0.408 e. The summed E-state index contributed by atoms with van der Waals surface area (Å²) in [5, 5.41) is 24.5. The molecule has 25 heavy (non-hydrogen) atoms.